The molecule has 7 heteroatoms. The number of hydrogen-bond acceptors (Lipinski definition) is 6. The summed E-state index contributed by atoms with van der Waals surface area (Å²) >= 11 is 1.39. The van der Waals surface area contributed by atoms with E-state index in [2.05, 4.69) is 27.1 Å². The van der Waals surface area contributed by atoms with E-state index in [-0.39, 0.29) is 0 Å². The van der Waals surface area contributed by atoms with Crippen molar-refractivity contribution in [2.24, 2.45) is 0 Å². The summed E-state index contributed by atoms with van der Waals surface area (Å²) in [5, 5.41) is 19.3. The zero-order valence-electron chi connectivity index (χ0n) is 12.5. The molecule has 0 aliphatic rings. The Bertz CT molecular complexity index is 950. The monoisotopic (exact) mass is 332 g/mol. The fourth-order valence-corrected chi connectivity index (χ4v) is 3.05. The minimum Gasteiger partial charge on any atom is -0.398 e. The first-order valence-electron chi connectivity index (χ1n) is 7.04. The van der Waals surface area contributed by atoms with E-state index in [0.29, 0.717) is 38.9 Å². The zero-order chi connectivity index (χ0) is 16.9. The summed E-state index contributed by atoms with van der Waals surface area (Å²) in [4.78, 5) is 11.7. The molecule has 0 aliphatic heterocycles. The van der Waals surface area contributed by atoms with Crippen LogP contribution in [0.1, 0.15) is 17.0 Å². The Morgan fingerprint density at radius 1 is 1.17 bits per heavy atom. The number of nitriles is 2. The number of aromatic nitrogens is 3. The van der Waals surface area contributed by atoms with E-state index in [1.54, 1.807) is 24.5 Å². The number of hydrogen-bond donors (Lipinski definition) is 2. The normalized spacial score (nSPS) is 10.1. The number of nitrogen functional groups attached to an aromatic ring is 1. The molecule has 0 bridgehead atoms. The van der Waals surface area contributed by atoms with Crippen molar-refractivity contribution in [1.29, 1.82) is 10.5 Å². The summed E-state index contributed by atoms with van der Waals surface area (Å²) in [6.45, 7) is 0. The molecule has 3 rings (SSSR count). The van der Waals surface area contributed by atoms with E-state index in [4.69, 9.17) is 5.73 Å². The molecule has 6 nitrogen and oxygen atoms in total. The van der Waals surface area contributed by atoms with E-state index < -0.39 is 0 Å². The predicted octanol–water partition coefficient (Wildman–Crippen LogP) is 3.09. The van der Waals surface area contributed by atoms with Crippen molar-refractivity contribution < 1.29 is 0 Å². The maximum absolute atomic E-state index is 9.40. The van der Waals surface area contributed by atoms with Gasteiger partial charge in [-0.25, -0.2) is 9.97 Å². The standard InChI is InChI=1S/C17H12N6S/c18-8-11-7-12(9-19)17(24-10-15-21-5-6-22-15)23-16(11)13-3-1-2-4-14(13)20/h1-7H,10,20H2,(H,21,22). The molecule has 1 aromatic carbocycles. The molecule has 0 atom stereocenters. The summed E-state index contributed by atoms with van der Waals surface area (Å²) in [7, 11) is 0. The molecular formula is C17H12N6S. The smallest absolute Gasteiger partial charge is 0.116 e. The number of rotatable bonds is 4. The number of aromatic amines is 1. The van der Waals surface area contributed by atoms with E-state index in [9.17, 15) is 10.5 Å². The second-order valence-corrected chi connectivity index (χ2v) is 5.84. The molecule has 0 amide bonds. The summed E-state index contributed by atoms with van der Waals surface area (Å²) in [5.41, 5.74) is 8.40. The molecule has 24 heavy (non-hydrogen) atoms. The number of para-hydroxylation sites is 1. The average molecular weight is 332 g/mol. The quantitative estimate of drug-likeness (QED) is 0.560. The molecule has 0 spiro atoms. The van der Waals surface area contributed by atoms with E-state index in [1.165, 1.54) is 11.8 Å². The van der Waals surface area contributed by atoms with Gasteiger partial charge in [-0.1, -0.05) is 30.0 Å². The summed E-state index contributed by atoms with van der Waals surface area (Å²) in [6, 6.07) is 13.0. The number of nitrogens with zero attached hydrogens (tertiary/aromatic N) is 4. The topological polar surface area (TPSA) is 115 Å². The molecule has 2 aromatic heterocycles. The van der Waals surface area contributed by atoms with Crippen molar-refractivity contribution in [3.63, 3.8) is 0 Å². The minimum absolute atomic E-state index is 0.326. The molecule has 0 radical (unpaired) electrons. The van der Waals surface area contributed by atoms with Crippen molar-refractivity contribution >= 4 is 17.4 Å². The predicted molar refractivity (Wildman–Crippen MR) is 91.7 cm³/mol. The van der Waals surface area contributed by atoms with Crippen LogP contribution in [0.2, 0.25) is 0 Å². The number of thioether (sulfide) groups is 1. The lowest BCUT2D eigenvalue weighted by Gasteiger charge is -2.10. The van der Waals surface area contributed by atoms with Crippen LogP contribution in [0.5, 0.6) is 0 Å². The highest BCUT2D eigenvalue weighted by molar-refractivity contribution is 7.98. The van der Waals surface area contributed by atoms with Crippen LogP contribution in [0.25, 0.3) is 11.3 Å². The number of anilines is 1. The van der Waals surface area contributed by atoms with Crippen molar-refractivity contribution in [1.82, 2.24) is 15.0 Å². The van der Waals surface area contributed by atoms with Crippen LogP contribution in [0.4, 0.5) is 5.69 Å². The number of pyridine rings is 1. The highest BCUT2D eigenvalue weighted by atomic mass is 32.2. The molecule has 0 saturated carbocycles. The Balaban J connectivity index is 2.06. The summed E-state index contributed by atoms with van der Waals surface area (Å²) in [6.07, 6.45) is 3.41. The number of imidazole rings is 1. The molecule has 3 N–H and O–H groups in total. The molecular weight excluding hydrogens is 320 g/mol. The second kappa shape index (κ2) is 6.86. The lowest BCUT2D eigenvalue weighted by molar-refractivity contribution is 1.08. The van der Waals surface area contributed by atoms with Gasteiger partial charge in [-0.3, -0.25) is 0 Å². The molecule has 116 valence electrons. The van der Waals surface area contributed by atoms with Crippen LogP contribution in [-0.4, -0.2) is 15.0 Å². The Kier molecular flexibility index (Phi) is 4.46. The van der Waals surface area contributed by atoms with Gasteiger partial charge in [0.25, 0.3) is 0 Å². The van der Waals surface area contributed by atoms with Crippen molar-refractivity contribution in [3.8, 4) is 23.4 Å². The van der Waals surface area contributed by atoms with Gasteiger partial charge in [0.05, 0.1) is 22.6 Å². The molecule has 2 heterocycles. The van der Waals surface area contributed by atoms with Gasteiger partial charge in [0.1, 0.15) is 23.0 Å². The third kappa shape index (κ3) is 3.07. The van der Waals surface area contributed by atoms with Crippen LogP contribution in [0.15, 0.2) is 47.8 Å². The van der Waals surface area contributed by atoms with Gasteiger partial charge in [-0.15, -0.1) is 0 Å². The SMILES string of the molecule is N#Cc1cc(C#N)c(-c2ccccc2N)nc1SCc1ncc[nH]1. The Labute approximate surface area is 143 Å². The zero-order valence-corrected chi connectivity index (χ0v) is 13.3. The third-order valence-corrected chi connectivity index (χ3v) is 4.35. The molecule has 0 saturated heterocycles. The fourth-order valence-electron chi connectivity index (χ4n) is 2.20. The van der Waals surface area contributed by atoms with Gasteiger partial charge in [0.2, 0.25) is 0 Å². The average Bonchev–Trinajstić information content (AvgIpc) is 3.13. The first-order chi connectivity index (χ1) is 11.7. The van der Waals surface area contributed by atoms with E-state index in [0.717, 1.165) is 5.82 Å². The van der Waals surface area contributed by atoms with Crippen LogP contribution in [-0.2, 0) is 5.75 Å². The summed E-state index contributed by atoms with van der Waals surface area (Å²) in [5.74, 6) is 1.33. The largest absolute Gasteiger partial charge is 0.398 e. The third-order valence-electron chi connectivity index (χ3n) is 3.34. The van der Waals surface area contributed by atoms with Gasteiger partial charge in [0.15, 0.2) is 0 Å². The highest BCUT2D eigenvalue weighted by Crippen LogP contribution is 2.32. The van der Waals surface area contributed by atoms with Crippen LogP contribution in [0.3, 0.4) is 0 Å². The van der Waals surface area contributed by atoms with Gasteiger partial charge >= 0.3 is 0 Å². The van der Waals surface area contributed by atoms with Crippen molar-refractivity contribution in [2.45, 2.75) is 10.8 Å². The highest BCUT2D eigenvalue weighted by Gasteiger charge is 2.15. The minimum atomic E-state index is 0.326. The number of nitrogens with one attached hydrogen (secondary N) is 1. The van der Waals surface area contributed by atoms with E-state index >= 15 is 0 Å². The fraction of sp³-hybridized carbons (Fsp3) is 0.0588. The number of nitrogens with two attached hydrogens (primary N) is 1. The Hall–Kier alpha value is -3.29. The Morgan fingerprint density at radius 2 is 1.96 bits per heavy atom. The maximum Gasteiger partial charge on any atom is 0.116 e. The van der Waals surface area contributed by atoms with Crippen LogP contribution >= 0.6 is 11.8 Å². The van der Waals surface area contributed by atoms with Gasteiger partial charge in [0, 0.05) is 23.6 Å². The number of H-pyrrole nitrogens is 1. The second-order valence-electron chi connectivity index (χ2n) is 4.87. The Morgan fingerprint density at radius 3 is 2.62 bits per heavy atom. The first kappa shape index (κ1) is 15.6. The van der Waals surface area contributed by atoms with Gasteiger partial charge in [-0.05, 0) is 12.1 Å². The first-order valence-corrected chi connectivity index (χ1v) is 8.02. The van der Waals surface area contributed by atoms with Gasteiger partial charge < -0.3 is 10.7 Å². The van der Waals surface area contributed by atoms with Gasteiger partial charge in [-0.2, -0.15) is 10.5 Å². The number of benzene rings is 1. The molecule has 0 fully saturated rings. The van der Waals surface area contributed by atoms with Crippen molar-refractivity contribution in [2.75, 3.05) is 5.73 Å². The lowest BCUT2D eigenvalue weighted by Crippen LogP contribution is -1.99. The maximum atomic E-state index is 9.40. The lowest BCUT2D eigenvalue weighted by atomic mass is 10.0. The van der Waals surface area contributed by atoms with Crippen LogP contribution < -0.4 is 5.73 Å². The van der Waals surface area contributed by atoms with Crippen molar-refractivity contribution in [3.05, 3.63) is 59.7 Å². The van der Waals surface area contributed by atoms with E-state index in [1.807, 2.05) is 18.2 Å². The summed E-state index contributed by atoms with van der Waals surface area (Å²) < 4.78 is 0. The molecule has 3 aromatic rings. The molecule has 0 unspecified atom stereocenters. The molecule has 0 aliphatic carbocycles. The van der Waals surface area contributed by atoms with Crippen LogP contribution in [0, 0.1) is 22.7 Å².